The van der Waals surface area contributed by atoms with Crippen molar-refractivity contribution in [3.8, 4) is 0 Å². The minimum atomic E-state index is -0.530. The first kappa shape index (κ1) is 20.7. The van der Waals surface area contributed by atoms with Crippen LogP contribution in [-0.4, -0.2) is 18.7 Å². The second-order valence-electron chi connectivity index (χ2n) is 8.12. The van der Waals surface area contributed by atoms with Gasteiger partial charge in [-0.2, -0.15) is 0 Å². The number of cyclic esters (lactones) is 2. The summed E-state index contributed by atoms with van der Waals surface area (Å²) in [5.41, 5.74) is 2.84. The Kier molecular flexibility index (Phi) is 5.55. The molecule has 154 valence electrons. The Balaban J connectivity index is 0.000000169. The van der Waals surface area contributed by atoms with Crippen molar-refractivity contribution in [2.24, 2.45) is 0 Å². The Bertz CT molecular complexity index is 921. The normalized spacial score (nSPS) is 18.2. The Morgan fingerprint density at radius 3 is 2.14 bits per heavy atom. The molecule has 2 heterocycles. The fraction of sp³-hybridized carbons (Fsp3) is 0.391. The van der Waals surface area contributed by atoms with Gasteiger partial charge in [-0.15, -0.1) is 0 Å². The predicted octanol–water partition coefficient (Wildman–Crippen LogP) is 5.77. The lowest BCUT2D eigenvalue weighted by molar-refractivity contribution is 0.0349. The Morgan fingerprint density at radius 1 is 0.862 bits per heavy atom. The number of ether oxygens (including phenoxy) is 2. The van der Waals surface area contributed by atoms with Crippen LogP contribution in [0.25, 0.3) is 0 Å². The molecule has 2 aromatic carbocycles. The van der Waals surface area contributed by atoms with E-state index in [9.17, 15) is 9.59 Å². The first-order valence-corrected chi connectivity index (χ1v) is 9.85. The maximum absolute atomic E-state index is 11.9. The molecule has 1 N–H and O–H groups in total. The SMILES string of the molecule is CC1(C)OC(=O)Nc2ccccc21.CCCN1C(=O)OC(C)(C)c2ccccc21. The molecule has 0 bridgehead atoms. The number of carbonyl (C=O) groups excluding carboxylic acids is 2. The molecular weight excluding hydrogens is 368 g/mol. The molecule has 6 heteroatoms. The number of carbonyl (C=O) groups is 2. The summed E-state index contributed by atoms with van der Waals surface area (Å²) in [5.74, 6) is 0. The van der Waals surface area contributed by atoms with Crippen LogP contribution >= 0.6 is 0 Å². The zero-order valence-corrected chi connectivity index (χ0v) is 17.6. The molecule has 6 nitrogen and oxygen atoms in total. The molecule has 0 radical (unpaired) electrons. The summed E-state index contributed by atoms with van der Waals surface area (Å²) in [4.78, 5) is 24.7. The van der Waals surface area contributed by atoms with Crippen molar-refractivity contribution in [3.05, 3.63) is 59.7 Å². The molecule has 0 fully saturated rings. The van der Waals surface area contributed by atoms with E-state index >= 15 is 0 Å². The number of amides is 2. The summed E-state index contributed by atoms with van der Waals surface area (Å²) in [5, 5.41) is 2.65. The topological polar surface area (TPSA) is 67.9 Å². The van der Waals surface area contributed by atoms with E-state index in [0.717, 1.165) is 28.9 Å². The van der Waals surface area contributed by atoms with Crippen LogP contribution < -0.4 is 10.2 Å². The average molecular weight is 396 g/mol. The maximum Gasteiger partial charge on any atom is 0.415 e. The molecule has 2 amide bonds. The highest BCUT2D eigenvalue weighted by Crippen LogP contribution is 2.38. The van der Waals surface area contributed by atoms with E-state index in [0.29, 0.717) is 6.54 Å². The molecule has 2 aliphatic rings. The van der Waals surface area contributed by atoms with Crippen molar-refractivity contribution in [3.63, 3.8) is 0 Å². The van der Waals surface area contributed by atoms with Crippen molar-refractivity contribution in [1.82, 2.24) is 0 Å². The van der Waals surface area contributed by atoms with E-state index in [1.807, 2.05) is 76.2 Å². The highest BCUT2D eigenvalue weighted by atomic mass is 16.6. The molecular formula is C23H28N2O4. The van der Waals surface area contributed by atoms with Gasteiger partial charge in [0, 0.05) is 17.7 Å². The number of hydrogen-bond acceptors (Lipinski definition) is 4. The Hall–Kier alpha value is -3.02. The van der Waals surface area contributed by atoms with Crippen molar-refractivity contribution in [2.45, 2.75) is 52.2 Å². The van der Waals surface area contributed by atoms with Crippen LogP contribution in [0.15, 0.2) is 48.5 Å². The molecule has 29 heavy (non-hydrogen) atoms. The van der Waals surface area contributed by atoms with Gasteiger partial charge in [-0.25, -0.2) is 9.59 Å². The van der Waals surface area contributed by atoms with Crippen LogP contribution in [-0.2, 0) is 20.7 Å². The standard InChI is InChI=1S/C13H17NO2.C10H11NO2/c1-4-9-14-11-8-6-5-7-10(11)13(2,3)16-12(14)15;1-10(2)7-5-3-4-6-8(7)11-9(12)13-10/h5-8H,4,9H2,1-3H3;3-6H,1-2H3,(H,11,12). The van der Waals surface area contributed by atoms with Gasteiger partial charge in [0.2, 0.25) is 0 Å². The fourth-order valence-electron chi connectivity index (χ4n) is 3.62. The second-order valence-corrected chi connectivity index (χ2v) is 8.12. The van der Waals surface area contributed by atoms with Crippen molar-refractivity contribution in [2.75, 3.05) is 16.8 Å². The van der Waals surface area contributed by atoms with Gasteiger partial charge in [0.05, 0.1) is 11.4 Å². The third kappa shape index (κ3) is 4.21. The number of nitrogens with one attached hydrogen (secondary N) is 1. The maximum atomic E-state index is 11.9. The molecule has 0 aromatic heterocycles. The van der Waals surface area contributed by atoms with E-state index in [1.165, 1.54) is 0 Å². The van der Waals surface area contributed by atoms with E-state index in [4.69, 9.17) is 9.47 Å². The number of hydrogen-bond donors (Lipinski definition) is 1. The average Bonchev–Trinajstić information content (AvgIpc) is 2.65. The number of nitrogens with zero attached hydrogens (tertiary/aromatic N) is 1. The van der Waals surface area contributed by atoms with Crippen LogP contribution in [0, 0.1) is 0 Å². The molecule has 0 saturated heterocycles. The molecule has 0 unspecified atom stereocenters. The number of benzene rings is 2. The molecule has 4 rings (SSSR count). The first-order valence-electron chi connectivity index (χ1n) is 9.85. The van der Waals surface area contributed by atoms with Crippen molar-refractivity contribution < 1.29 is 19.1 Å². The predicted molar refractivity (Wildman–Crippen MR) is 113 cm³/mol. The molecule has 0 spiro atoms. The molecule has 0 atom stereocenters. The minimum Gasteiger partial charge on any atom is -0.438 e. The van der Waals surface area contributed by atoms with Gasteiger partial charge in [-0.1, -0.05) is 43.3 Å². The zero-order chi connectivity index (χ0) is 21.2. The second kappa shape index (κ2) is 7.78. The summed E-state index contributed by atoms with van der Waals surface area (Å²) in [7, 11) is 0. The molecule has 2 aliphatic heterocycles. The van der Waals surface area contributed by atoms with E-state index < -0.39 is 11.2 Å². The zero-order valence-electron chi connectivity index (χ0n) is 17.6. The van der Waals surface area contributed by atoms with Crippen LogP contribution in [0.1, 0.15) is 52.2 Å². The first-order chi connectivity index (χ1) is 13.7. The van der Waals surface area contributed by atoms with E-state index in [-0.39, 0.29) is 12.2 Å². The van der Waals surface area contributed by atoms with Gasteiger partial charge in [-0.05, 0) is 46.2 Å². The van der Waals surface area contributed by atoms with Gasteiger partial charge >= 0.3 is 12.2 Å². The van der Waals surface area contributed by atoms with Crippen molar-refractivity contribution >= 4 is 23.6 Å². The van der Waals surface area contributed by atoms with Crippen molar-refractivity contribution in [1.29, 1.82) is 0 Å². The number of rotatable bonds is 2. The third-order valence-corrected chi connectivity index (χ3v) is 5.01. The van der Waals surface area contributed by atoms with Crippen LogP contribution in [0.3, 0.4) is 0 Å². The van der Waals surface area contributed by atoms with Crippen LogP contribution in [0.5, 0.6) is 0 Å². The van der Waals surface area contributed by atoms with Crippen LogP contribution in [0.2, 0.25) is 0 Å². The van der Waals surface area contributed by atoms with E-state index in [2.05, 4.69) is 12.2 Å². The quantitative estimate of drug-likeness (QED) is 0.699. The largest absolute Gasteiger partial charge is 0.438 e. The fourth-order valence-corrected chi connectivity index (χ4v) is 3.62. The number of para-hydroxylation sites is 2. The highest BCUT2D eigenvalue weighted by Gasteiger charge is 2.37. The molecule has 0 aliphatic carbocycles. The Morgan fingerprint density at radius 2 is 1.45 bits per heavy atom. The van der Waals surface area contributed by atoms with Gasteiger partial charge in [-0.3, -0.25) is 10.2 Å². The lowest BCUT2D eigenvalue weighted by Crippen LogP contribution is -2.43. The van der Waals surface area contributed by atoms with E-state index in [1.54, 1.807) is 4.90 Å². The monoisotopic (exact) mass is 396 g/mol. The van der Waals surface area contributed by atoms with Gasteiger partial charge in [0.1, 0.15) is 11.2 Å². The molecule has 0 saturated carbocycles. The summed E-state index contributed by atoms with van der Waals surface area (Å²) in [6.45, 7) is 10.4. The smallest absolute Gasteiger partial charge is 0.415 e. The lowest BCUT2D eigenvalue weighted by atomic mass is 9.94. The highest BCUT2D eigenvalue weighted by molar-refractivity contribution is 5.91. The van der Waals surface area contributed by atoms with Crippen LogP contribution in [0.4, 0.5) is 21.0 Å². The number of anilines is 2. The summed E-state index contributed by atoms with van der Waals surface area (Å²) in [6.07, 6.45) is 0.290. The van der Waals surface area contributed by atoms with Gasteiger partial charge in [0.15, 0.2) is 0 Å². The molecule has 2 aromatic rings. The summed E-state index contributed by atoms with van der Waals surface area (Å²) < 4.78 is 10.6. The lowest BCUT2D eigenvalue weighted by Gasteiger charge is -2.38. The number of fused-ring (bicyclic) bond motifs is 2. The third-order valence-electron chi connectivity index (χ3n) is 5.01. The van der Waals surface area contributed by atoms with Gasteiger partial charge in [0.25, 0.3) is 0 Å². The minimum absolute atomic E-state index is 0.245. The Labute approximate surface area is 171 Å². The summed E-state index contributed by atoms with van der Waals surface area (Å²) >= 11 is 0. The van der Waals surface area contributed by atoms with Gasteiger partial charge < -0.3 is 9.47 Å². The summed E-state index contributed by atoms with van der Waals surface area (Å²) in [6, 6.07) is 15.6.